The first-order valence-corrected chi connectivity index (χ1v) is 12.8. The fourth-order valence-electron chi connectivity index (χ4n) is 3.30. The minimum atomic E-state index is -3.30. The zero-order valence-electron chi connectivity index (χ0n) is 18.1. The van der Waals surface area contributed by atoms with E-state index in [0.717, 1.165) is 26.9 Å². The van der Waals surface area contributed by atoms with E-state index in [1.165, 1.54) is 12.3 Å². The average Bonchev–Trinajstić information content (AvgIpc) is 3.22. The van der Waals surface area contributed by atoms with Gasteiger partial charge in [0.25, 0.3) is 0 Å². The minimum absolute atomic E-state index is 0.121. The van der Waals surface area contributed by atoms with Crippen LogP contribution in [0.25, 0.3) is 23.0 Å². The molecule has 3 aromatic carbocycles. The Balaban J connectivity index is 1.74. The molecule has 7 heteroatoms. The standard InChI is InChI=1S/C26H21BrN2O3S/c1-18-3-12-23(13-4-18)29-17-21(9-16-25(30)19-5-10-22(27)11-6-19)26(28-29)20-7-14-24(15-8-20)33(2,31)32/h3-17H,1-2H3/b16-9+. The zero-order chi connectivity index (χ0) is 23.6. The Kier molecular flexibility index (Phi) is 6.44. The van der Waals surface area contributed by atoms with E-state index in [2.05, 4.69) is 15.9 Å². The summed E-state index contributed by atoms with van der Waals surface area (Å²) in [6.45, 7) is 2.02. The molecule has 33 heavy (non-hydrogen) atoms. The first-order chi connectivity index (χ1) is 15.7. The summed E-state index contributed by atoms with van der Waals surface area (Å²) in [4.78, 5) is 12.9. The second kappa shape index (κ2) is 9.29. The van der Waals surface area contributed by atoms with Crippen LogP contribution >= 0.6 is 15.9 Å². The van der Waals surface area contributed by atoms with Crippen molar-refractivity contribution in [2.24, 2.45) is 0 Å². The van der Waals surface area contributed by atoms with Gasteiger partial charge in [-0.2, -0.15) is 5.10 Å². The highest BCUT2D eigenvalue weighted by molar-refractivity contribution is 9.10. The highest BCUT2D eigenvalue weighted by Gasteiger charge is 2.13. The zero-order valence-corrected chi connectivity index (χ0v) is 20.5. The van der Waals surface area contributed by atoms with Crippen molar-refractivity contribution in [2.75, 3.05) is 6.26 Å². The van der Waals surface area contributed by atoms with Crippen molar-refractivity contribution >= 4 is 37.6 Å². The van der Waals surface area contributed by atoms with Gasteiger partial charge in [-0.15, -0.1) is 0 Å². The maximum absolute atomic E-state index is 12.7. The number of carbonyl (C=O) groups excluding carboxylic acids is 1. The maximum Gasteiger partial charge on any atom is 0.185 e. The third kappa shape index (κ3) is 5.38. The van der Waals surface area contributed by atoms with Crippen LogP contribution in [0.3, 0.4) is 0 Å². The lowest BCUT2D eigenvalue weighted by molar-refractivity contribution is 0.104. The summed E-state index contributed by atoms with van der Waals surface area (Å²) in [5.41, 5.74) is 4.75. The van der Waals surface area contributed by atoms with Crippen molar-refractivity contribution in [1.82, 2.24) is 9.78 Å². The molecule has 166 valence electrons. The smallest absolute Gasteiger partial charge is 0.185 e. The first kappa shape index (κ1) is 22.9. The fraction of sp³-hybridized carbons (Fsp3) is 0.0769. The molecule has 1 aromatic heterocycles. The molecular weight excluding hydrogens is 500 g/mol. The van der Waals surface area contributed by atoms with E-state index in [-0.39, 0.29) is 10.7 Å². The number of carbonyl (C=O) groups is 1. The van der Waals surface area contributed by atoms with Crippen LogP contribution in [-0.4, -0.2) is 30.2 Å². The molecule has 4 aromatic rings. The van der Waals surface area contributed by atoms with Crippen LogP contribution in [0.4, 0.5) is 0 Å². The van der Waals surface area contributed by atoms with Crippen molar-refractivity contribution in [3.63, 3.8) is 0 Å². The third-order valence-electron chi connectivity index (χ3n) is 5.14. The van der Waals surface area contributed by atoms with Crippen LogP contribution in [0.5, 0.6) is 0 Å². The van der Waals surface area contributed by atoms with E-state index < -0.39 is 9.84 Å². The Morgan fingerprint density at radius 3 is 2.18 bits per heavy atom. The van der Waals surface area contributed by atoms with Crippen LogP contribution in [0.2, 0.25) is 0 Å². The van der Waals surface area contributed by atoms with E-state index in [9.17, 15) is 13.2 Å². The Morgan fingerprint density at radius 2 is 1.58 bits per heavy atom. The van der Waals surface area contributed by atoms with Gasteiger partial charge in [0.05, 0.1) is 16.3 Å². The molecule has 0 aliphatic carbocycles. The number of hydrogen-bond donors (Lipinski definition) is 0. The number of allylic oxidation sites excluding steroid dienone is 1. The predicted molar refractivity (Wildman–Crippen MR) is 134 cm³/mol. The van der Waals surface area contributed by atoms with Gasteiger partial charge in [0.1, 0.15) is 0 Å². The number of rotatable bonds is 6. The average molecular weight is 521 g/mol. The molecule has 1 heterocycles. The Hall–Kier alpha value is -3.29. The summed E-state index contributed by atoms with van der Waals surface area (Å²) in [6.07, 6.45) is 6.29. The van der Waals surface area contributed by atoms with E-state index in [4.69, 9.17) is 5.10 Å². The van der Waals surface area contributed by atoms with Gasteiger partial charge in [-0.05, 0) is 67.6 Å². The van der Waals surface area contributed by atoms with Crippen LogP contribution in [-0.2, 0) is 9.84 Å². The van der Waals surface area contributed by atoms with Crippen molar-refractivity contribution in [2.45, 2.75) is 11.8 Å². The van der Waals surface area contributed by atoms with Gasteiger partial charge >= 0.3 is 0 Å². The fourth-order valence-corrected chi connectivity index (χ4v) is 4.19. The quantitative estimate of drug-likeness (QED) is 0.234. The Morgan fingerprint density at radius 1 is 0.939 bits per heavy atom. The molecule has 0 aliphatic rings. The normalized spacial score (nSPS) is 11.7. The molecule has 0 atom stereocenters. The van der Waals surface area contributed by atoms with Crippen molar-refractivity contribution in [3.05, 3.63) is 106 Å². The van der Waals surface area contributed by atoms with Crippen LogP contribution < -0.4 is 0 Å². The highest BCUT2D eigenvalue weighted by atomic mass is 79.9. The molecule has 0 saturated carbocycles. The van der Waals surface area contributed by atoms with Gasteiger partial charge in [0.2, 0.25) is 0 Å². The number of aryl methyl sites for hydroxylation is 1. The Labute approximate surface area is 201 Å². The van der Waals surface area contributed by atoms with E-state index >= 15 is 0 Å². The molecule has 4 rings (SSSR count). The predicted octanol–water partition coefficient (Wildman–Crippen LogP) is 5.91. The summed E-state index contributed by atoms with van der Waals surface area (Å²) in [6, 6.07) is 21.7. The number of halogens is 1. The van der Waals surface area contributed by atoms with E-state index in [1.54, 1.807) is 47.2 Å². The lowest BCUT2D eigenvalue weighted by Gasteiger charge is -2.03. The third-order valence-corrected chi connectivity index (χ3v) is 6.80. The molecular formula is C26H21BrN2O3S. The van der Waals surface area contributed by atoms with Crippen LogP contribution in [0, 0.1) is 6.92 Å². The summed E-state index contributed by atoms with van der Waals surface area (Å²) in [7, 11) is -3.30. The maximum atomic E-state index is 12.7. The van der Waals surface area contributed by atoms with Gasteiger partial charge in [0, 0.05) is 33.6 Å². The molecule has 0 bridgehead atoms. The topological polar surface area (TPSA) is 69.0 Å². The van der Waals surface area contributed by atoms with Gasteiger partial charge in [-0.25, -0.2) is 13.1 Å². The SMILES string of the molecule is Cc1ccc(-n2cc(/C=C/C(=O)c3ccc(Br)cc3)c(-c3ccc(S(C)(=O)=O)cc3)n2)cc1. The highest BCUT2D eigenvalue weighted by Crippen LogP contribution is 2.26. The second-order valence-corrected chi connectivity index (χ2v) is 10.6. The summed E-state index contributed by atoms with van der Waals surface area (Å²) < 4.78 is 26.3. The lowest BCUT2D eigenvalue weighted by Crippen LogP contribution is -1.97. The molecule has 0 saturated heterocycles. The molecule has 5 nitrogen and oxygen atoms in total. The molecule has 0 radical (unpaired) electrons. The van der Waals surface area contributed by atoms with Crippen LogP contribution in [0.1, 0.15) is 21.5 Å². The summed E-state index contributed by atoms with van der Waals surface area (Å²) in [5, 5.41) is 4.73. The molecule has 0 spiro atoms. The van der Waals surface area contributed by atoms with Crippen molar-refractivity contribution in [3.8, 4) is 16.9 Å². The molecule has 0 unspecified atom stereocenters. The first-order valence-electron chi connectivity index (χ1n) is 10.2. The van der Waals surface area contributed by atoms with Crippen LogP contribution in [0.15, 0.2) is 94.4 Å². The molecule has 0 N–H and O–H groups in total. The monoisotopic (exact) mass is 520 g/mol. The van der Waals surface area contributed by atoms with Gasteiger partial charge in [-0.1, -0.05) is 45.8 Å². The number of hydrogen-bond acceptors (Lipinski definition) is 4. The van der Waals surface area contributed by atoms with Crippen molar-refractivity contribution in [1.29, 1.82) is 0 Å². The summed E-state index contributed by atoms with van der Waals surface area (Å²) in [5.74, 6) is -0.121. The Bertz CT molecular complexity index is 1440. The van der Waals surface area contributed by atoms with Gasteiger partial charge in [-0.3, -0.25) is 4.79 Å². The van der Waals surface area contributed by atoms with E-state index in [1.807, 2.05) is 49.5 Å². The number of benzene rings is 3. The second-order valence-electron chi connectivity index (χ2n) is 7.71. The number of sulfone groups is 1. The van der Waals surface area contributed by atoms with Gasteiger partial charge < -0.3 is 0 Å². The van der Waals surface area contributed by atoms with Crippen molar-refractivity contribution < 1.29 is 13.2 Å². The lowest BCUT2D eigenvalue weighted by atomic mass is 10.1. The van der Waals surface area contributed by atoms with Gasteiger partial charge in [0.15, 0.2) is 15.6 Å². The number of aromatic nitrogens is 2. The molecule has 0 aliphatic heterocycles. The summed E-state index contributed by atoms with van der Waals surface area (Å²) >= 11 is 3.37. The van der Waals surface area contributed by atoms with E-state index in [0.29, 0.717) is 11.3 Å². The molecule has 0 fully saturated rings. The number of ketones is 1. The molecule has 0 amide bonds. The largest absolute Gasteiger partial charge is 0.289 e. The number of nitrogens with zero attached hydrogens (tertiary/aromatic N) is 2. The minimum Gasteiger partial charge on any atom is -0.289 e.